The van der Waals surface area contributed by atoms with Crippen LogP contribution in [0.1, 0.15) is 5.69 Å². The number of nitrogens with zero attached hydrogens (tertiary/aromatic N) is 2. The molecular weight excluding hydrogens is 310 g/mol. The van der Waals surface area contributed by atoms with Gasteiger partial charge in [0.05, 0.1) is 17.3 Å². The molecule has 1 aromatic carbocycles. The van der Waals surface area contributed by atoms with Gasteiger partial charge in [-0.3, -0.25) is 0 Å². The van der Waals surface area contributed by atoms with Crippen LogP contribution in [0.25, 0.3) is 5.69 Å². The summed E-state index contributed by atoms with van der Waals surface area (Å²) in [5, 5.41) is 4.31. The lowest BCUT2D eigenvalue weighted by Gasteiger charge is -2.00. The molecule has 0 aliphatic rings. The maximum Gasteiger partial charge on any atom is 0.0776 e. The molecule has 1 heterocycles. The van der Waals surface area contributed by atoms with E-state index < -0.39 is 0 Å². The van der Waals surface area contributed by atoms with E-state index >= 15 is 0 Å². The molecule has 0 unspecified atom stereocenters. The summed E-state index contributed by atoms with van der Waals surface area (Å²) < 4.78 is 3.05. The highest BCUT2D eigenvalue weighted by molar-refractivity contribution is 14.1. The van der Waals surface area contributed by atoms with Gasteiger partial charge in [-0.05, 0) is 52.9 Å². The van der Waals surface area contributed by atoms with Gasteiger partial charge in [-0.25, -0.2) is 4.68 Å². The smallest absolute Gasteiger partial charge is 0.0776 e. The van der Waals surface area contributed by atoms with Crippen LogP contribution < -0.4 is 0 Å². The molecule has 14 heavy (non-hydrogen) atoms. The fourth-order valence-electron chi connectivity index (χ4n) is 1.17. The third-order valence-corrected chi connectivity index (χ3v) is 2.87. The van der Waals surface area contributed by atoms with Gasteiger partial charge in [0.15, 0.2) is 0 Å². The zero-order valence-corrected chi connectivity index (χ0v) is 10.2. The molecule has 0 radical (unpaired) electrons. The first kappa shape index (κ1) is 9.98. The van der Waals surface area contributed by atoms with E-state index in [4.69, 9.17) is 11.6 Å². The third-order valence-electron chi connectivity index (χ3n) is 1.87. The van der Waals surface area contributed by atoms with E-state index in [1.54, 1.807) is 0 Å². The van der Waals surface area contributed by atoms with Crippen LogP contribution in [0.15, 0.2) is 36.5 Å². The van der Waals surface area contributed by atoms with Crippen LogP contribution in [-0.2, 0) is 5.88 Å². The predicted octanol–water partition coefficient (Wildman–Crippen LogP) is 3.22. The van der Waals surface area contributed by atoms with E-state index in [-0.39, 0.29) is 0 Å². The number of alkyl halides is 1. The van der Waals surface area contributed by atoms with E-state index in [9.17, 15) is 0 Å². The lowest BCUT2D eigenvalue weighted by molar-refractivity contribution is 0.858. The summed E-state index contributed by atoms with van der Waals surface area (Å²) in [5.74, 6) is 0.456. The molecule has 0 bridgehead atoms. The van der Waals surface area contributed by atoms with Gasteiger partial charge in [-0.15, -0.1) is 11.6 Å². The molecule has 0 aliphatic carbocycles. The maximum atomic E-state index is 5.68. The first-order valence-corrected chi connectivity index (χ1v) is 5.77. The zero-order chi connectivity index (χ0) is 9.97. The van der Waals surface area contributed by atoms with Gasteiger partial charge in [-0.2, -0.15) is 5.10 Å². The lowest BCUT2D eigenvalue weighted by Crippen LogP contribution is -1.95. The Kier molecular flexibility index (Phi) is 3.08. The number of hydrogen-bond donors (Lipinski definition) is 0. The summed E-state index contributed by atoms with van der Waals surface area (Å²) in [4.78, 5) is 0. The summed E-state index contributed by atoms with van der Waals surface area (Å²) in [6.45, 7) is 0. The average Bonchev–Trinajstić information content (AvgIpc) is 2.67. The van der Waals surface area contributed by atoms with Crippen LogP contribution in [-0.4, -0.2) is 9.78 Å². The summed E-state index contributed by atoms with van der Waals surface area (Å²) in [6, 6.07) is 10.1. The second-order valence-corrected chi connectivity index (χ2v) is 4.37. The topological polar surface area (TPSA) is 17.8 Å². The van der Waals surface area contributed by atoms with Crippen molar-refractivity contribution in [1.29, 1.82) is 0 Å². The normalized spacial score (nSPS) is 10.4. The molecule has 2 aromatic rings. The van der Waals surface area contributed by atoms with Crippen LogP contribution in [0.3, 0.4) is 0 Å². The SMILES string of the molecule is ClCc1ccn(-c2ccc(I)cc2)n1. The molecule has 4 heteroatoms. The summed E-state index contributed by atoms with van der Waals surface area (Å²) in [7, 11) is 0. The summed E-state index contributed by atoms with van der Waals surface area (Å²) in [6.07, 6.45) is 1.92. The molecular formula is C10H8ClIN2. The Morgan fingerprint density at radius 1 is 1.21 bits per heavy atom. The van der Waals surface area contributed by atoms with Crippen molar-refractivity contribution in [2.45, 2.75) is 5.88 Å². The maximum absolute atomic E-state index is 5.68. The van der Waals surface area contributed by atoms with Crippen molar-refractivity contribution in [1.82, 2.24) is 9.78 Å². The Balaban J connectivity index is 2.34. The molecule has 1 aromatic heterocycles. The fourth-order valence-corrected chi connectivity index (χ4v) is 1.67. The van der Waals surface area contributed by atoms with Crippen LogP contribution >= 0.6 is 34.2 Å². The van der Waals surface area contributed by atoms with E-state index in [0.717, 1.165) is 11.4 Å². The van der Waals surface area contributed by atoms with Crippen LogP contribution in [0.5, 0.6) is 0 Å². The zero-order valence-electron chi connectivity index (χ0n) is 7.32. The second kappa shape index (κ2) is 4.31. The number of halogens is 2. The highest BCUT2D eigenvalue weighted by atomic mass is 127. The lowest BCUT2D eigenvalue weighted by atomic mass is 10.3. The molecule has 0 amide bonds. The Labute approximate surface area is 101 Å². The first-order chi connectivity index (χ1) is 6.79. The second-order valence-electron chi connectivity index (χ2n) is 2.86. The van der Waals surface area contributed by atoms with Gasteiger partial charge < -0.3 is 0 Å². The van der Waals surface area contributed by atoms with Crippen molar-refractivity contribution in [2.24, 2.45) is 0 Å². The van der Waals surface area contributed by atoms with Gasteiger partial charge in [0.1, 0.15) is 0 Å². The minimum absolute atomic E-state index is 0.456. The molecule has 72 valence electrons. The monoisotopic (exact) mass is 318 g/mol. The number of benzene rings is 1. The van der Waals surface area contributed by atoms with Gasteiger partial charge in [0.2, 0.25) is 0 Å². The number of aromatic nitrogens is 2. The molecule has 0 N–H and O–H groups in total. The van der Waals surface area contributed by atoms with Gasteiger partial charge in [0, 0.05) is 9.77 Å². The number of rotatable bonds is 2. The molecule has 0 fully saturated rings. The largest absolute Gasteiger partial charge is 0.241 e. The van der Waals surface area contributed by atoms with Crippen molar-refractivity contribution in [3.63, 3.8) is 0 Å². The van der Waals surface area contributed by atoms with E-state index in [1.165, 1.54) is 3.57 Å². The van der Waals surface area contributed by atoms with Crippen molar-refractivity contribution in [3.8, 4) is 5.69 Å². The molecule has 0 spiro atoms. The Morgan fingerprint density at radius 2 is 1.93 bits per heavy atom. The van der Waals surface area contributed by atoms with Crippen LogP contribution in [0.2, 0.25) is 0 Å². The van der Waals surface area contributed by atoms with Gasteiger partial charge in [0.25, 0.3) is 0 Å². The summed E-state index contributed by atoms with van der Waals surface area (Å²) >= 11 is 7.95. The van der Waals surface area contributed by atoms with Crippen molar-refractivity contribution >= 4 is 34.2 Å². The minimum Gasteiger partial charge on any atom is -0.241 e. The predicted molar refractivity (Wildman–Crippen MR) is 65.8 cm³/mol. The summed E-state index contributed by atoms with van der Waals surface area (Å²) in [5.41, 5.74) is 1.95. The van der Waals surface area contributed by atoms with E-state index in [0.29, 0.717) is 5.88 Å². The molecule has 0 aliphatic heterocycles. The molecule has 2 nitrogen and oxygen atoms in total. The third kappa shape index (κ3) is 2.09. The number of hydrogen-bond acceptors (Lipinski definition) is 1. The van der Waals surface area contributed by atoms with E-state index in [1.807, 2.05) is 29.1 Å². The molecule has 0 saturated heterocycles. The minimum atomic E-state index is 0.456. The van der Waals surface area contributed by atoms with E-state index in [2.05, 4.69) is 39.8 Å². The Hall–Kier alpha value is -0.550. The quantitative estimate of drug-likeness (QED) is 0.614. The van der Waals surface area contributed by atoms with Crippen molar-refractivity contribution < 1.29 is 0 Å². The van der Waals surface area contributed by atoms with Crippen LogP contribution in [0, 0.1) is 3.57 Å². The highest BCUT2D eigenvalue weighted by Crippen LogP contribution is 2.11. The molecule has 0 saturated carbocycles. The Morgan fingerprint density at radius 3 is 2.50 bits per heavy atom. The Bertz CT molecular complexity index is 422. The van der Waals surface area contributed by atoms with Crippen LogP contribution in [0.4, 0.5) is 0 Å². The van der Waals surface area contributed by atoms with Gasteiger partial charge >= 0.3 is 0 Å². The van der Waals surface area contributed by atoms with Crippen molar-refractivity contribution in [2.75, 3.05) is 0 Å². The first-order valence-electron chi connectivity index (χ1n) is 4.16. The standard InChI is InChI=1S/C10H8ClIN2/c11-7-9-5-6-14(13-9)10-3-1-8(12)2-4-10/h1-6H,7H2. The average molecular weight is 319 g/mol. The molecule has 2 rings (SSSR count). The van der Waals surface area contributed by atoms with Gasteiger partial charge in [-0.1, -0.05) is 0 Å². The highest BCUT2D eigenvalue weighted by Gasteiger charge is 1.99. The fraction of sp³-hybridized carbons (Fsp3) is 0.100. The molecule has 0 atom stereocenters. The van der Waals surface area contributed by atoms with Crippen molar-refractivity contribution in [3.05, 3.63) is 45.8 Å².